The van der Waals surface area contributed by atoms with E-state index in [0.717, 1.165) is 24.2 Å². The van der Waals surface area contributed by atoms with Crippen molar-refractivity contribution in [2.45, 2.75) is 46.1 Å². The fraction of sp³-hybridized carbons (Fsp3) is 0.323. The number of rotatable bonds is 6. The van der Waals surface area contributed by atoms with Crippen molar-refractivity contribution in [2.75, 3.05) is 4.90 Å². The number of benzene rings is 3. The molecule has 1 aliphatic heterocycles. The van der Waals surface area contributed by atoms with Crippen LogP contribution in [-0.4, -0.2) is 23.9 Å². The molecular weight excluding hydrogens is 466 g/mol. The molecule has 3 aromatic carbocycles. The second-order valence-electron chi connectivity index (χ2n) is 10.4. The van der Waals surface area contributed by atoms with E-state index < -0.39 is 17.8 Å². The highest BCUT2D eigenvalue weighted by Crippen LogP contribution is 2.36. The Kier molecular flexibility index (Phi) is 6.83. The van der Waals surface area contributed by atoms with Gasteiger partial charge in [-0.05, 0) is 85.2 Å². The Balaban J connectivity index is 1.32. The highest BCUT2D eigenvalue weighted by molar-refractivity contribution is 6.34. The Morgan fingerprint density at radius 2 is 1.54 bits per heavy atom. The Morgan fingerprint density at radius 3 is 2.24 bits per heavy atom. The van der Waals surface area contributed by atoms with Crippen LogP contribution in [0, 0.1) is 17.8 Å². The molecule has 1 saturated carbocycles. The minimum atomic E-state index is -0.460. The van der Waals surface area contributed by atoms with Crippen LogP contribution in [0.25, 0.3) is 0 Å². The van der Waals surface area contributed by atoms with Gasteiger partial charge in [0.2, 0.25) is 0 Å². The number of fused-ring (bicyclic) bond motifs is 1. The average molecular weight is 498 g/mol. The molecule has 0 unspecified atom stereocenters. The van der Waals surface area contributed by atoms with Crippen molar-refractivity contribution in [3.8, 4) is 11.5 Å². The first-order chi connectivity index (χ1) is 17.8. The largest absolute Gasteiger partial charge is 0.458 e. The SMILES string of the molecule is CC(C)[C@@H]1CC[C@H](C)C[C@H]1OC(=O)c1ccc2c(c1)C(=O)N(c1ccc(Oc3ccccc3)cc1)C2=O. The van der Waals surface area contributed by atoms with Crippen molar-refractivity contribution in [2.24, 2.45) is 17.8 Å². The second kappa shape index (κ2) is 10.2. The van der Waals surface area contributed by atoms with Crippen LogP contribution in [0.4, 0.5) is 5.69 Å². The molecule has 3 aromatic rings. The predicted molar refractivity (Wildman–Crippen MR) is 141 cm³/mol. The molecule has 0 saturated heterocycles. The van der Waals surface area contributed by atoms with Gasteiger partial charge in [-0.3, -0.25) is 9.59 Å². The summed E-state index contributed by atoms with van der Waals surface area (Å²) in [5.74, 6) is 1.20. The summed E-state index contributed by atoms with van der Waals surface area (Å²) in [6, 6.07) is 20.7. The van der Waals surface area contributed by atoms with Crippen LogP contribution in [0.2, 0.25) is 0 Å². The van der Waals surface area contributed by atoms with Gasteiger partial charge in [0, 0.05) is 0 Å². The van der Waals surface area contributed by atoms with Gasteiger partial charge < -0.3 is 9.47 Å². The van der Waals surface area contributed by atoms with E-state index >= 15 is 0 Å². The number of anilines is 1. The molecule has 37 heavy (non-hydrogen) atoms. The summed E-state index contributed by atoms with van der Waals surface area (Å²) < 4.78 is 11.8. The highest BCUT2D eigenvalue weighted by Gasteiger charge is 2.38. The molecule has 1 fully saturated rings. The Morgan fingerprint density at radius 1 is 0.865 bits per heavy atom. The van der Waals surface area contributed by atoms with E-state index in [9.17, 15) is 14.4 Å². The minimum absolute atomic E-state index is 0.144. The molecule has 0 bridgehead atoms. The molecule has 5 rings (SSSR count). The van der Waals surface area contributed by atoms with Gasteiger partial charge in [0.15, 0.2) is 0 Å². The van der Waals surface area contributed by atoms with Gasteiger partial charge in [-0.1, -0.05) is 45.4 Å². The topological polar surface area (TPSA) is 72.9 Å². The highest BCUT2D eigenvalue weighted by atomic mass is 16.5. The lowest BCUT2D eigenvalue weighted by molar-refractivity contribution is -0.0174. The van der Waals surface area contributed by atoms with Crippen LogP contribution in [0.15, 0.2) is 72.8 Å². The molecule has 3 atom stereocenters. The molecule has 1 aliphatic carbocycles. The first-order valence-electron chi connectivity index (χ1n) is 12.9. The molecular formula is C31H31NO5. The number of carbonyl (C=O) groups excluding carboxylic acids is 3. The maximum Gasteiger partial charge on any atom is 0.338 e. The van der Waals surface area contributed by atoms with Gasteiger partial charge >= 0.3 is 5.97 Å². The quantitative estimate of drug-likeness (QED) is 0.274. The van der Waals surface area contributed by atoms with E-state index in [0.29, 0.717) is 34.9 Å². The monoisotopic (exact) mass is 497 g/mol. The number of ether oxygens (including phenoxy) is 2. The van der Waals surface area contributed by atoms with Crippen LogP contribution < -0.4 is 9.64 Å². The molecule has 190 valence electrons. The number of hydrogen-bond donors (Lipinski definition) is 0. The lowest BCUT2D eigenvalue weighted by Gasteiger charge is -2.36. The molecule has 1 heterocycles. The average Bonchev–Trinajstić information content (AvgIpc) is 3.14. The van der Waals surface area contributed by atoms with Crippen molar-refractivity contribution in [3.63, 3.8) is 0 Å². The van der Waals surface area contributed by atoms with Crippen LogP contribution in [0.5, 0.6) is 11.5 Å². The molecule has 2 aliphatic rings. The molecule has 0 N–H and O–H groups in total. The molecule has 0 aromatic heterocycles. The van der Waals surface area contributed by atoms with E-state index in [4.69, 9.17) is 9.47 Å². The predicted octanol–water partition coefficient (Wildman–Crippen LogP) is 6.90. The Bertz CT molecular complexity index is 1320. The summed E-state index contributed by atoms with van der Waals surface area (Å²) in [5.41, 5.74) is 1.21. The summed E-state index contributed by atoms with van der Waals surface area (Å²) in [4.78, 5) is 40.5. The summed E-state index contributed by atoms with van der Waals surface area (Å²) in [6.45, 7) is 6.51. The number of carbonyl (C=O) groups is 3. The summed E-state index contributed by atoms with van der Waals surface area (Å²) >= 11 is 0. The van der Waals surface area contributed by atoms with Gasteiger partial charge in [0.25, 0.3) is 11.8 Å². The van der Waals surface area contributed by atoms with E-state index in [1.54, 1.807) is 36.4 Å². The van der Waals surface area contributed by atoms with Gasteiger partial charge in [-0.25, -0.2) is 9.69 Å². The minimum Gasteiger partial charge on any atom is -0.458 e. The van der Waals surface area contributed by atoms with Gasteiger partial charge in [0.05, 0.1) is 22.4 Å². The number of hydrogen-bond acceptors (Lipinski definition) is 5. The summed E-state index contributed by atoms with van der Waals surface area (Å²) in [6.07, 6.45) is 2.88. The van der Waals surface area contributed by atoms with Gasteiger partial charge in [-0.15, -0.1) is 0 Å². The molecule has 0 radical (unpaired) electrons. The number of amides is 2. The Hall–Kier alpha value is -3.93. The fourth-order valence-electron chi connectivity index (χ4n) is 5.35. The smallest absolute Gasteiger partial charge is 0.338 e. The van der Waals surface area contributed by atoms with E-state index in [1.807, 2.05) is 30.3 Å². The lowest BCUT2D eigenvalue weighted by Crippen LogP contribution is -2.35. The normalized spacial score (nSPS) is 21.2. The summed E-state index contributed by atoms with van der Waals surface area (Å²) in [7, 11) is 0. The van der Waals surface area contributed by atoms with Crippen molar-refractivity contribution in [1.29, 1.82) is 0 Å². The molecule has 6 heteroatoms. The molecule has 6 nitrogen and oxygen atoms in total. The maximum absolute atomic E-state index is 13.3. The third-order valence-electron chi connectivity index (χ3n) is 7.42. The third kappa shape index (κ3) is 5.01. The van der Waals surface area contributed by atoms with E-state index in [2.05, 4.69) is 20.8 Å². The maximum atomic E-state index is 13.3. The lowest BCUT2D eigenvalue weighted by atomic mass is 9.75. The van der Waals surface area contributed by atoms with Crippen molar-refractivity contribution in [3.05, 3.63) is 89.5 Å². The van der Waals surface area contributed by atoms with Crippen LogP contribution >= 0.6 is 0 Å². The molecule has 0 spiro atoms. The zero-order valence-corrected chi connectivity index (χ0v) is 21.3. The van der Waals surface area contributed by atoms with Gasteiger partial charge in [0.1, 0.15) is 17.6 Å². The number of para-hydroxylation sites is 1. The van der Waals surface area contributed by atoms with Crippen molar-refractivity contribution in [1.82, 2.24) is 0 Å². The molecule has 2 amide bonds. The Labute approximate surface area is 217 Å². The zero-order valence-electron chi connectivity index (χ0n) is 21.3. The van der Waals surface area contributed by atoms with Gasteiger partial charge in [-0.2, -0.15) is 0 Å². The van der Waals surface area contributed by atoms with Crippen molar-refractivity contribution >= 4 is 23.5 Å². The van der Waals surface area contributed by atoms with Crippen LogP contribution in [-0.2, 0) is 4.74 Å². The number of esters is 1. The first kappa shape index (κ1) is 24.8. The summed E-state index contributed by atoms with van der Waals surface area (Å²) in [5, 5.41) is 0. The third-order valence-corrected chi connectivity index (χ3v) is 7.42. The number of imide groups is 1. The van der Waals surface area contributed by atoms with Crippen LogP contribution in [0.3, 0.4) is 0 Å². The van der Waals surface area contributed by atoms with Crippen LogP contribution in [0.1, 0.15) is 71.1 Å². The zero-order chi connectivity index (χ0) is 26.1. The van der Waals surface area contributed by atoms with E-state index in [-0.39, 0.29) is 22.8 Å². The van der Waals surface area contributed by atoms with Crippen molar-refractivity contribution < 1.29 is 23.9 Å². The standard InChI is InChI=1S/C31H31NO5/c1-19(2)25-15-9-20(3)17-28(25)37-31(35)21-10-16-26-27(18-21)30(34)32(29(26)33)22-11-13-24(14-12-22)36-23-7-5-4-6-8-23/h4-8,10-14,16,18-20,25,28H,9,15,17H2,1-3H3/t20-,25-,28+/m0/s1. The number of nitrogens with zero attached hydrogens (tertiary/aromatic N) is 1. The first-order valence-corrected chi connectivity index (χ1v) is 12.9. The fourth-order valence-corrected chi connectivity index (χ4v) is 5.35. The second-order valence-corrected chi connectivity index (χ2v) is 10.4. The van der Waals surface area contributed by atoms with E-state index in [1.165, 1.54) is 6.07 Å².